The summed E-state index contributed by atoms with van der Waals surface area (Å²) in [7, 11) is 1.26. The van der Waals surface area contributed by atoms with E-state index in [1.54, 1.807) is 12.1 Å². The summed E-state index contributed by atoms with van der Waals surface area (Å²) >= 11 is 3.82. The highest BCUT2D eigenvalue weighted by Gasteiger charge is 2.23. The molecule has 6 nitrogen and oxygen atoms in total. The van der Waals surface area contributed by atoms with Crippen LogP contribution in [0.25, 0.3) is 0 Å². The smallest absolute Gasteiger partial charge is 0.338 e. The molecule has 1 aliphatic heterocycles. The zero-order valence-electron chi connectivity index (χ0n) is 17.2. The first kappa shape index (κ1) is 23.2. The van der Waals surface area contributed by atoms with Crippen molar-refractivity contribution < 1.29 is 23.9 Å². The molecule has 164 valence electrons. The lowest BCUT2D eigenvalue weighted by Crippen LogP contribution is -2.44. The maximum Gasteiger partial charge on any atom is 0.338 e. The molecule has 0 saturated carbocycles. The van der Waals surface area contributed by atoms with Gasteiger partial charge in [0.05, 0.1) is 17.3 Å². The standard InChI is InChI=1S/C23H25NO5S2/c1-28-22(27)19(14-16-6-3-2-4-7-16)24-20(25)15-29-21(26)17-8-10-18(11-9-17)23-30-12-5-13-31-23/h2-4,6-11,19,23H,5,12-15H2,1H3,(H,24,25)/t19-/m0/s1. The van der Waals surface area contributed by atoms with Crippen LogP contribution in [-0.2, 0) is 25.5 Å². The Bertz CT molecular complexity index is 883. The molecule has 0 aromatic heterocycles. The second-order valence-corrected chi connectivity index (χ2v) is 9.68. The molecule has 3 rings (SSSR count). The van der Waals surface area contributed by atoms with Crippen molar-refractivity contribution >= 4 is 41.4 Å². The normalized spacial score (nSPS) is 15.0. The van der Waals surface area contributed by atoms with Crippen molar-refractivity contribution in [3.63, 3.8) is 0 Å². The molecule has 1 aliphatic rings. The molecule has 0 radical (unpaired) electrons. The van der Waals surface area contributed by atoms with Crippen LogP contribution < -0.4 is 5.32 Å². The summed E-state index contributed by atoms with van der Waals surface area (Å²) in [6.45, 7) is -0.475. The predicted molar refractivity (Wildman–Crippen MR) is 123 cm³/mol. The van der Waals surface area contributed by atoms with Gasteiger partial charge in [-0.2, -0.15) is 0 Å². The van der Waals surface area contributed by atoms with Crippen molar-refractivity contribution in [3.05, 3.63) is 71.3 Å². The molecule has 0 aliphatic carbocycles. The number of methoxy groups -OCH3 is 1. The number of carbonyl (C=O) groups is 3. The first-order valence-corrected chi connectivity index (χ1v) is 12.1. The van der Waals surface area contributed by atoms with Crippen LogP contribution in [0.4, 0.5) is 0 Å². The largest absolute Gasteiger partial charge is 0.467 e. The lowest BCUT2D eigenvalue weighted by atomic mass is 10.1. The fraction of sp³-hybridized carbons (Fsp3) is 0.348. The van der Waals surface area contributed by atoms with Gasteiger partial charge in [0, 0.05) is 6.42 Å². The third-order valence-electron chi connectivity index (χ3n) is 4.68. The average molecular weight is 460 g/mol. The molecule has 2 aromatic carbocycles. The topological polar surface area (TPSA) is 81.7 Å². The summed E-state index contributed by atoms with van der Waals surface area (Å²) in [5, 5.41) is 2.58. The Morgan fingerprint density at radius 2 is 1.71 bits per heavy atom. The van der Waals surface area contributed by atoms with Crippen LogP contribution in [0.3, 0.4) is 0 Å². The van der Waals surface area contributed by atoms with E-state index in [9.17, 15) is 14.4 Å². The van der Waals surface area contributed by atoms with Gasteiger partial charge in [-0.15, -0.1) is 23.5 Å². The third-order valence-corrected chi connectivity index (χ3v) is 7.70. The number of amides is 1. The second kappa shape index (κ2) is 11.8. The van der Waals surface area contributed by atoms with Gasteiger partial charge >= 0.3 is 11.9 Å². The molecule has 1 saturated heterocycles. The van der Waals surface area contributed by atoms with Crippen molar-refractivity contribution in [3.8, 4) is 0 Å². The summed E-state index contributed by atoms with van der Waals surface area (Å²) in [5.74, 6) is 0.591. The summed E-state index contributed by atoms with van der Waals surface area (Å²) < 4.78 is 10.3. The molecule has 0 spiro atoms. The minimum absolute atomic E-state index is 0.284. The lowest BCUT2D eigenvalue weighted by Gasteiger charge is -2.21. The molecule has 1 heterocycles. The van der Waals surface area contributed by atoms with Gasteiger partial charge in [0.2, 0.25) is 0 Å². The Hall–Kier alpha value is -2.45. The summed E-state index contributed by atoms with van der Waals surface area (Å²) in [4.78, 5) is 36.6. The quantitative estimate of drug-likeness (QED) is 0.604. The number of benzene rings is 2. The van der Waals surface area contributed by atoms with Crippen LogP contribution in [0.1, 0.15) is 32.5 Å². The Labute approximate surface area is 190 Å². The van der Waals surface area contributed by atoms with Crippen LogP contribution in [-0.4, -0.2) is 49.1 Å². The van der Waals surface area contributed by atoms with Crippen LogP contribution >= 0.6 is 23.5 Å². The van der Waals surface area contributed by atoms with Gasteiger partial charge in [-0.1, -0.05) is 42.5 Å². The van der Waals surface area contributed by atoms with E-state index in [1.807, 2.05) is 66.0 Å². The molecule has 1 N–H and O–H groups in total. The number of hydrogen-bond donors (Lipinski definition) is 1. The van der Waals surface area contributed by atoms with E-state index in [0.717, 1.165) is 17.1 Å². The number of carbonyl (C=O) groups excluding carboxylic acids is 3. The summed E-state index contributed by atoms with van der Waals surface area (Å²) in [5.41, 5.74) is 2.44. The van der Waals surface area contributed by atoms with E-state index >= 15 is 0 Å². The Morgan fingerprint density at radius 1 is 1.03 bits per heavy atom. The number of ether oxygens (including phenoxy) is 2. The third kappa shape index (κ3) is 7.04. The molecule has 1 amide bonds. The highest BCUT2D eigenvalue weighted by molar-refractivity contribution is 8.16. The van der Waals surface area contributed by atoms with Crippen LogP contribution in [0.5, 0.6) is 0 Å². The molecule has 0 unspecified atom stereocenters. The van der Waals surface area contributed by atoms with Crippen LogP contribution in [0.2, 0.25) is 0 Å². The number of rotatable bonds is 8. The fourth-order valence-corrected chi connectivity index (χ4v) is 5.99. The lowest BCUT2D eigenvalue weighted by molar-refractivity contribution is -0.145. The summed E-state index contributed by atoms with van der Waals surface area (Å²) in [6.07, 6.45) is 1.51. The number of hydrogen-bond acceptors (Lipinski definition) is 7. The first-order valence-electron chi connectivity index (χ1n) is 9.98. The SMILES string of the molecule is COC(=O)[C@H](Cc1ccccc1)NC(=O)COC(=O)c1ccc(C2SCCCS2)cc1. The number of thioether (sulfide) groups is 2. The van der Waals surface area contributed by atoms with E-state index in [-0.39, 0.29) is 6.42 Å². The molecular weight excluding hydrogens is 434 g/mol. The zero-order chi connectivity index (χ0) is 22.1. The zero-order valence-corrected chi connectivity index (χ0v) is 18.9. The Morgan fingerprint density at radius 3 is 2.35 bits per heavy atom. The van der Waals surface area contributed by atoms with Crippen molar-refractivity contribution in [1.29, 1.82) is 0 Å². The van der Waals surface area contributed by atoms with Crippen molar-refractivity contribution in [2.24, 2.45) is 0 Å². The highest BCUT2D eigenvalue weighted by Crippen LogP contribution is 2.43. The van der Waals surface area contributed by atoms with Gasteiger partial charge in [0.1, 0.15) is 6.04 Å². The monoisotopic (exact) mass is 459 g/mol. The minimum Gasteiger partial charge on any atom is -0.467 e. The maximum absolute atomic E-state index is 12.3. The van der Waals surface area contributed by atoms with E-state index < -0.39 is 30.5 Å². The molecular formula is C23H25NO5S2. The van der Waals surface area contributed by atoms with E-state index in [4.69, 9.17) is 9.47 Å². The number of nitrogens with one attached hydrogen (secondary N) is 1. The van der Waals surface area contributed by atoms with Crippen LogP contribution in [0, 0.1) is 0 Å². The van der Waals surface area contributed by atoms with Crippen molar-refractivity contribution in [2.75, 3.05) is 25.2 Å². The minimum atomic E-state index is -0.858. The Kier molecular flexibility index (Phi) is 8.85. The average Bonchev–Trinajstić information content (AvgIpc) is 2.83. The number of esters is 2. The molecule has 1 fully saturated rings. The van der Waals surface area contributed by atoms with E-state index in [1.165, 1.54) is 19.1 Å². The van der Waals surface area contributed by atoms with Crippen molar-refractivity contribution in [1.82, 2.24) is 5.32 Å². The molecule has 0 bridgehead atoms. The van der Waals surface area contributed by atoms with E-state index in [0.29, 0.717) is 10.1 Å². The Balaban J connectivity index is 1.51. The highest BCUT2D eigenvalue weighted by atomic mass is 32.2. The van der Waals surface area contributed by atoms with Gasteiger partial charge in [-0.25, -0.2) is 9.59 Å². The van der Waals surface area contributed by atoms with Gasteiger partial charge in [0.15, 0.2) is 6.61 Å². The molecule has 31 heavy (non-hydrogen) atoms. The summed E-state index contributed by atoms with van der Waals surface area (Å²) in [6, 6.07) is 15.7. The fourth-order valence-electron chi connectivity index (χ4n) is 3.09. The van der Waals surface area contributed by atoms with Crippen molar-refractivity contribution in [2.45, 2.75) is 23.5 Å². The van der Waals surface area contributed by atoms with Gasteiger partial charge in [0.25, 0.3) is 5.91 Å². The molecule has 2 aromatic rings. The van der Waals surface area contributed by atoms with Gasteiger partial charge in [-0.3, -0.25) is 4.79 Å². The molecule has 8 heteroatoms. The first-order chi connectivity index (χ1) is 15.1. The molecule has 1 atom stereocenters. The maximum atomic E-state index is 12.3. The van der Waals surface area contributed by atoms with Gasteiger partial charge in [-0.05, 0) is 41.2 Å². The second-order valence-electron chi connectivity index (χ2n) is 6.96. The van der Waals surface area contributed by atoms with Gasteiger partial charge < -0.3 is 14.8 Å². The van der Waals surface area contributed by atoms with E-state index in [2.05, 4.69) is 5.32 Å². The predicted octanol–water partition coefficient (Wildman–Crippen LogP) is 3.61. The van der Waals surface area contributed by atoms with Crippen LogP contribution in [0.15, 0.2) is 54.6 Å².